The Kier molecular flexibility index (Phi) is 3.74. The van der Waals surface area contributed by atoms with Gasteiger partial charge < -0.3 is 10.6 Å². The van der Waals surface area contributed by atoms with Crippen molar-refractivity contribution in [2.75, 3.05) is 13.1 Å². The monoisotopic (exact) mass is 290 g/mol. The van der Waals surface area contributed by atoms with E-state index in [0.29, 0.717) is 5.92 Å². The number of piperidine rings is 1. The lowest BCUT2D eigenvalue weighted by atomic mass is 9.89. The first-order valence-electron chi connectivity index (χ1n) is 7.84. The molecule has 2 unspecified atom stereocenters. The van der Waals surface area contributed by atoms with Crippen LogP contribution in [0.5, 0.6) is 0 Å². The molecule has 2 atom stereocenters. The molecule has 1 amide bonds. The molecule has 3 nitrogen and oxygen atoms in total. The Morgan fingerprint density at radius 2 is 2.05 bits per heavy atom. The standard InChI is InChI=1S/C17H23FN2O/c1-12(19)13-3-2-10-20(11-13)16(21)17(8-9-17)14-4-6-15(18)7-5-14/h4-7,12-13H,2-3,8-11,19H2,1H3. The van der Waals surface area contributed by atoms with Gasteiger partial charge in [-0.25, -0.2) is 4.39 Å². The first-order valence-corrected chi connectivity index (χ1v) is 7.84. The van der Waals surface area contributed by atoms with Gasteiger partial charge in [-0.3, -0.25) is 4.79 Å². The van der Waals surface area contributed by atoms with E-state index in [2.05, 4.69) is 0 Å². The van der Waals surface area contributed by atoms with Crippen molar-refractivity contribution in [3.8, 4) is 0 Å². The maximum Gasteiger partial charge on any atom is 0.233 e. The molecule has 0 aromatic heterocycles. The van der Waals surface area contributed by atoms with Crippen LogP contribution in [-0.4, -0.2) is 29.9 Å². The number of halogens is 1. The summed E-state index contributed by atoms with van der Waals surface area (Å²) in [5.41, 5.74) is 6.56. The van der Waals surface area contributed by atoms with Gasteiger partial charge in [-0.2, -0.15) is 0 Å². The lowest BCUT2D eigenvalue weighted by molar-refractivity contribution is -0.135. The highest BCUT2D eigenvalue weighted by atomic mass is 19.1. The minimum atomic E-state index is -0.395. The van der Waals surface area contributed by atoms with E-state index in [1.807, 2.05) is 11.8 Å². The highest BCUT2D eigenvalue weighted by Crippen LogP contribution is 2.50. The van der Waals surface area contributed by atoms with Gasteiger partial charge >= 0.3 is 0 Å². The average molecular weight is 290 g/mol. The summed E-state index contributed by atoms with van der Waals surface area (Å²) in [6.45, 7) is 3.61. The fraction of sp³-hybridized carbons (Fsp3) is 0.588. The second kappa shape index (κ2) is 5.41. The number of likely N-dealkylation sites (tertiary alicyclic amines) is 1. The van der Waals surface area contributed by atoms with Crippen molar-refractivity contribution in [3.63, 3.8) is 0 Å². The number of amides is 1. The summed E-state index contributed by atoms with van der Waals surface area (Å²) in [5, 5.41) is 0. The van der Waals surface area contributed by atoms with Crippen molar-refractivity contribution in [2.45, 2.75) is 44.1 Å². The molecule has 3 rings (SSSR count). The summed E-state index contributed by atoms with van der Waals surface area (Å²) < 4.78 is 13.1. The first-order chi connectivity index (χ1) is 10.0. The van der Waals surface area contributed by atoms with Crippen molar-refractivity contribution in [1.82, 2.24) is 4.90 Å². The van der Waals surface area contributed by atoms with Crippen LogP contribution < -0.4 is 5.73 Å². The molecule has 2 aliphatic rings. The van der Waals surface area contributed by atoms with Crippen molar-refractivity contribution in [3.05, 3.63) is 35.6 Å². The molecule has 1 saturated carbocycles. The molecular formula is C17H23FN2O. The van der Waals surface area contributed by atoms with Crippen LogP contribution in [-0.2, 0) is 10.2 Å². The highest BCUT2D eigenvalue weighted by Gasteiger charge is 2.53. The highest BCUT2D eigenvalue weighted by molar-refractivity contribution is 5.91. The molecular weight excluding hydrogens is 267 g/mol. The largest absolute Gasteiger partial charge is 0.342 e. The predicted octanol–water partition coefficient (Wildman–Crippen LogP) is 2.44. The van der Waals surface area contributed by atoms with Gasteiger partial charge in [0.2, 0.25) is 5.91 Å². The lowest BCUT2D eigenvalue weighted by Gasteiger charge is -2.36. The van der Waals surface area contributed by atoms with Gasteiger partial charge in [0, 0.05) is 19.1 Å². The zero-order chi connectivity index (χ0) is 15.0. The number of rotatable bonds is 3. The Morgan fingerprint density at radius 3 is 2.62 bits per heavy atom. The van der Waals surface area contributed by atoms with Gasteiger partial charge in [-0.05, 0) is 56.2 Å². The number of hydrogen-bond acceptors (Lipinski definition) is 2. The van der Waals surface area contributed by atoms with Gasteiger partial charge in [0.25, 0.3) is 0 Å². The van der Waals surface area contributed by atoms with Crippen LogP contribution in [0.4, 0.5) is 4.39 Å². The zero-order valence-electron chi connectivity index (χ0n) is 12.5. The third-order valence-corrected chi connectivity index (χ3v) is 5.04. The van der Waals surface area contributed by atoms with Crippen molar-refractivity contribution < 1.29 is 9.18 Å². The van der Waals surface area contributed by atoms with E-state index in [0.717, 1.165) is 44.3 Å². The van der Waals surface area contributed by atoms with Crippen molar-refractivity contribution in [1.29, 1.82) is 0 Å². The van der Waals surface area contributed by atoms with E-state index in [1.165, 1.54) is 12.1 Å². The van der Waals surface area contributed by atoms with E-state index in [-0.39, 0.29) is 17.8 Å². The summed E-state index contributed by atoms with van der Waals surface area (Å²) in [6.07, 6.45) is 3.87. The third kappa shape index (κ3) is 2.69. The normalized spacial score (nSPS) is 25.5. The molecule has 0 radical (unpaired) electrons. The maximum atomic E-state index is 13.1. The molecule has 4 heteroatoms. The summed E-state index contributed by atoms with van der Waals surface area (Å²) >= 11 is 0. The van der Waals surface area contributed by atoms with Crippen LogP contribution in [0.25, 0.3) is 0 Å². The number of benzene rings is 1. The Morgan fingerprint density at radius 1 is 1.38 bits per heavy atom. The van der Waals surface area contributed by atoms with Crippen LogP contribution in [0.15, 0.2) is 24.3 Å². The molecule has 1 heterocycles. The minimum absolute atomic E-state index is 0.126. The molecule has 1 aliphatic heterocycles. The van der Waals surface area contributed by atoms with Gasteiger partial charge in [0.1, 0.15) is 5.82 Å². The fourth-order valence-electron chi connectivity index (χ4n) is 3.45. The van der Waals surface area contributed by atoms with Crippen molar-refractivity contribution >= 4 is 5.91 Å². The minimum Gasteiger partial charge on any atom is -0.342 e. The van der Waals surface area contributed by atoms with Crippen molar-refractivity contribution in [2.24, 2.45) is 11.7 Å². The second-order valence-electron chi connectivity index (χ2n) is 6.60. The van der Waals surface area contributed by atoms with Crippen LogP contribution in [0.1, 0.15) is 38.2 Å². The molecule has 1 aromatic carbocycles. The van der Waals surface area contributed by atoms with Crippen LogP contribution in [0.3, 0.4) is 0 Å². The molecule has 2 N–H and O–H groups in total. The quantitative estimate of drug-likeness (QED) is 0.929. The van der Waals surface area contributed by atoms with Crippen LogP contribution >= 0.6 is 0 Å². The Hall–Kier alpha value is -1.42. The molecule has 0 bridgehead atoms. The molecule has 1 aliphatic carbocycles. The zero-order valence-corrected chi connectivity index (χ0v) is 12.5. The molecule has 0 spiro atoms. The van der Waals surface area contributed by atoms with Gasteiger partial charge in [0.15, 0.2) is 0 Å². The van der Waals surface area contributed by atoms with Crippen LogP contribution in [0, 0.1) is 11.7 Å². The van der Waals surface area contributed by atoms with Gasteiger partial charge in [0.05, 0.1) is 5.41 Å². The fourth-order valence-corrected chi connectivity index (χ4v) is 3.45. The Bertz CT molecular complexity index is 522. The maximum absolute atomic E-state index is 13.1. The van der Waals surface area contributed by atoms with E-state index in [9.17, 15) is 9.18 Å². The first kappa shape index (κ1) is 14.5. The smallest absolute Gasteiger partial charge is 0.233 e. The number of nitrogens with zero attached hydrogens (tertiary/aromatic N) is 1. The summed E-state index contributed by atoms with van der Waals surface area (Å²) in [6, 6.07) is 6.54. The SMILES string of the molecule is CC(N)C1CCCN(C(=O)C2(c3ccc(F)cc3)CC2)C1. The second-order valence-corrected chi connectivity index (χ2v) is 6.60. The number of carbonyl (C=O) groups is 1. The lowest BCUT2D eigenvalue weighted by Crippen LogP contribution is -2.48. The molecule has 1 saturated heterocycles. The molecule has 21 heavy (non-hydrogen) atoms. The molecule has 1 aromatic rings. The van der Waals surface area contributed by atoms with E-state index in [1.54, 1.807) is 12.1 Å². The van der Waals surface area contributed by atoms with Gasteiger partial charge in [-0.1, -0.05) is 12.1 Å². The summed E-state index contributed by atoms with van der Waals surface area (Å²) in [7, 11) is 0. The molecule has 2 fully saturated rings. The topological polar surface area (TPSA) is 46.3 Å². The molecule has 114 valence electrons. The number of hydrogen-bond donors (Lipinski definition) is 1. The van der Waals surface area contributed by atoms with E-state index >= 15 is 0 Å². The number of nitrogens with two attached hydrogens (primary N) is 1. The van der Waals surface area contributed by atoms with Crippen LogP contribution in [0.2, 0.25) is 0 Å². The number of carbonyl (C=O) groups excluding carboxylic acids is 1. The van der Waals surface area contributed by atoms with E-state index < -0.39 is 5.41 Å². The Balaban J connectivity index is 1.76. The van der Waals surface area contributed by atoms with E-state index in [4.69, 9.17) is 5.73 Å². The van der Waals surface area contributed by atoms with Gasteiger partial charge in [-0.15, -0.1) is 0 Å². The predicted molar refractivity (Wildman–Crippen MR) is 80.3 cm³/mol. The summed E-state index contributed by atoms with van der Waals surface area (Å²) in [4.78, 5) is 14.9. The third-order valence-electron chi connectivity index (χ3n) is 5.04. The Labute approximate surface area is 125 Å². The average Bonchev–Trinajstić information content (AvgIpc) is 3.29. The summed E-state index contributed by atoms with van der Waals surface area (Å²) in [5.74, 6) is 0.350.